The second-order valence-electron chi connectivity index (χ2n) is 9.18. The Morgan fingerprint density at radius 2 is 1.97 bits per heavy atom. The molecule has 11 heteroatoms. The number of fused-ring (bicyclic) bond motifs is 1. The number of hydrogen-bond acceptors (Lipinski definition) is 9. The number of thiophene rings is 1. The van der Waals surface area contributed by atoms with Gasteiger partial charge in [0.1, 0.15) is 10.6 Å². The van der Waals surface area contributed by atoms with Gasteiger partial charge in [-0.1, -0.05) is 36.8 Å². The van der Waals surface area contributed by atoms with Crippen LogP contribution in [0.3, 0.4) is 0 Å². The minimum Gasteiger partial charge on any atom is -0.397 e. The van der Waals surface area contributed by atoms with E-state index in [0.717, 1.165) is 65.9 Å². The highest BCUT2D eigenvalue weighted by molar-refractivity contribution is 7.21. The van der Waals surface area contributed by atoms with Gasteiger partial charge in [0.05, 0.1) is 11.8 Å². The fourth-order valence-electron chi connectivity index (χ4n) is 4.67. The molecule has 0 bridgehead atoms. The van der Waals surface area contributed by atoms with Crippen LogP contribution in [0.15, 0.2) is 30.3 Å². The Hall–Kier alpha value is -3.41. The summed E-state index contributed by atoms with van der Waals surface area (Å²) in [6.45, 7) is 4.19. The fraction of sp³-hybridized carbons (Fsp3) is 0.423. The maximum Gasteiger partial charge on any atom is 0.410 e. The number of aliphatic hydroxyl groups excluding tert-OH is 1. The lowest BCUT2D eigenvalue weighted by atomic mass is 10.0. The van der Waals surface area contributed by atoms with Gasteiger partial charge in [0.2, 0.25) is 5.06 Å². The number of rotatable bonds is 9. The summed E-state index contributed by atoms with van der Waals surface area (Å²) >= 11 is 1.24. The number of carbonyl (C=O) groups is 2. The quantitative estimate of drug-likeness (QED) is 0.285. The largest absolute Gasteiger partial charge is 0.410 e. The molecule has 3 heterocycles. The Kier molecular flexibility index (Phi) is 8.47. The molecule has 198 valence electrons. The highest BCUT2D eigenvalue weighted by atomic mass is 32.1. The number of nitrogen functional groups attached to an aromatic ring is 1. The van der Waals surface area contributed by atoms with Crippen LogP contribution in [0.1, 0.15) is 53.8 Å². The number of aliphatic hydroxyl groups is 1. The number of primary amides is 1. The summed E-state index contributed by atoms with van der Waals surface area (Å²) in [6, 6.07) is 9.37. The number of nitrogens with zero attached hydrogens (tertiary/aromatic N) is 2. The van der Waals surface area contributed by atoms with E-state index >= 15 is 0 Å². The van der Waals surface area contributed by atoms with E-state index < -0.39 is 12.2 Å². The predicted octanol–water partition coefficient (Wildman–Crippen LogP) is 2.94. The molecule has 1 aliphatic rings. The summed E-state index contributed by atoms with van der Waals surface area (Å²) in [4.78, 5) is 30.8. The number of hydrogen-bond donors (Lipinski definition) is 5. The highest BCUT2D eigenvalue weighted by Crippen LogP contribution is 2.42. The Balaban J connectivity index is 1.38. The monoisotopic (exact) mass is 526 g/mol. The Morgan fingerprint density at radius 1 is 1.27 bits per heavy atom. The number of piperidine rings is 1. The average Bonchev–Trinajstić information content (AvgIpc) is 3.21. The molecular weight excluding hydrogens is 492 g/mol. The van der Waals surface area contributed by atoms with Crippen LogP contribution in [0.5, 0.6) is 5.06 Å². The van der Waals surface area contributed by atoms with Gasteiger partial charge >= 0.3 is 6.09 Å². The minimum absolute atomic E-state index is 0.150. The molecule has 2 amide bonds. The first-order valence-corrected chi connectivity index (χ1v) is 13.3. The molecule has 0 saturated carbocycles. The van der Waals surface area contributed by atoms with Gasteiger partial charge in [-0.05, 0) is 48.6 Å². The zero-order valence-electron chi connectivity index (χ0n) is 21.1. The van der Waals surface area contributed by atoms with Crippen molar-refractivity contribution in [3.05, 3.63) is 47.0 Å². The van der Waals surface area contributed by atoms with Crippen LogP contribution in [0, 0.1) is 0 Å². The van der Waals surface area contributed by atoms with Gasteiger partial charge in [0, 0.05) is 43.7 Å². The number of carbonyl (C=O) groups excluding carboxylic acids is 2. The smallest absolute Gasteiger partial charge is 0.397 e. The van der Waals surface area contributed by atoms with Gasteiger partial charge in [0.25, 0.3) is 5.91 Å². The van der Waals surface area contributed by atoms with E-state index in [4.69, 9.17) is 21.2 Å². The van der Waals surface area contributed by atoms with Crippen molar-refractivity contribution in [2.24, 2.45) is 5.73 Å². The van der Waals surface area contributed by atoms with E-state index in [-0.39, 0.29) is 17.0 Å². The lowest BCUT2D eigenvalue weighted by molar-refractivity contribution is 0.0962. The first-order valence-electron chi connectivity index (χ1n) is 12.5. The third kappa shape index (κ3) is 6.12. The molecule has 1 fully saturated rings. The standard InChI is InChI=1S/C26H34N6O4S/c1-3-4-17-13-20(31-24-21(17)22(27)25(37-24)36-26(28)35)32-11-9-18(10-12-32)30-14-19(33)15-5-7-16(8-6-15)23(34)29-2/h5-8,13,18-19,30,33H,3-4,9-12,14,27H2,1-2H3,(H2,28,35)(H,29,34). The number of benzene rings is 1. The Labute approximate surface area is 220 Å². The number of amides is 2. The van der Waals surface area contributed by atoms with Crippen molar-refractivity contribution in [1.29, 1.82) is 0 Å². The molecule has 1 aliphatic heterocycles. The van der Waals surface area contributed by atoms with Crippen molar-refractivity contribution in [3.8, 4) is 5.06 Å². The van der Waals surface area contributed by atoms with Gasteiger partial charge in [-0.2, -0.15) is 0 Å². The number of anilines is 2. The lowest BCUT2D eigenvalue weighted by Gasteiger charge is -2.34. The first kappa shape index (κ1) is 26.6. The van der Waals surface area contributed by atoms with E-state index in [1.165, 1.54) is 11.3 Å². The Morgan fingerprint density at radius 3 is 2.59 bits per heavy atom. The molecule has 4 rings (SSSR count). The first-order chi connectivity index (χ1) is 17.8. The van der Waals surface area contributed by atoms with E-state index in [0.29, 0.717) is 17.8 Å². The molecule has 10 nitrogen and oxygen atoms in total. The molecule has 7 N–H and O–H groups in total. The molecule has 1 atom stereocenters. The predicted molar refractivity (Wildman–Crippen MR) is 146 cm³/mol. The SMILES string of the molecule is CCCc1cc(N2CCC(NCC(O)c3ccc(C(=O)NC)cc3)CC2)nc2sc(OC(N)=O)c(N)c12. The molecule has 0 aliphatic carbocycles. The van der Waals surface area contributed by atoms with Gasteiger partial charge in [-0.25, -0.2) is 9.78 Å². The third-order valence-electron chi connectivity index (χ3n) is 6.65. The summed E-state index contributed by atoms with van der Waals surface area (Å²) in [5, 5.41) is 17.8. The van der Waals surface area contributed by atoms with Crippen LogP contribution >= 0.6 is 11.3 Å². The van der Waals surface area contributed by atoms with Crippen LogP contribution < -0.4 is 31.7 Å². The van der Waals surface area contributed by atoms with E-state index in [2.05, 4.69) is 28.5 Å². The summed E-state index contributed by atoms with van der Waals surface area (Å²) in [6.07, 6.45) is 2.06. The van der Waals surface area contributed by atoms with Crippen LogP contribution in [-0.4, -0.2) is 54.8 Å². The van der Waals surface area contributed by atoms with Crippen molar-refractivity contribution in [3.63, 3.8) is 0 Å². The minimum atomic E-state index is -0.892. The summed E-state index contributed by atoms with van der Waals surface area (Å²) < 4.78 is 5.09. The maximum absolute atomic E-state index is 11.7. The molecule has 1 saturated heterocycles. The van der Waals surface area contributed by atoms with Gasteiger partial charge in [-0.3, -0.25) is 4.79 Å². The topological polar surface area (TPSA) is 156 Å². The third-order valence-corrected chi connectivity index (χ3v) is 7.63. The zero-order chi connectivity index (χ0) is 26.5. The molecule has 0 spiro atoms. The van der Waals surface area contributed by atoms with Crippen LogP contribution in [0.25, 0.3) is 10.2 Å². The number of pyridine rings is 1. The van der Waals surface area contributed by atoms with Crippen molar-refractivity contribution in [2.45, 2.75) is 44.8 Å². The normalized spacial score (nSPS) is 15.1. The molecule has 3 aromatic rings. The van der Waals surface area contributed by atoms with Gasteiger partial charge < -0.3 is 36.8 Å². The molecular formula is C26H34N6O4S. The number of nitrogens with one attached hydrogen (secondary N) is 2. The number of aromatic nitrogens is 1. The molecule has 2 aromatic heterocycles. The molecule has 37 heavy (non-hydrogen) atoms. The van der Waals surface area contributed by atoms with Crippen molar-refractivity contribution < 1.29 is 19.4 Å². The maximum atomic E-state index is 11.7. The van der Waals surface area contributed by atoms with Crippen molar-refractivity contribution >= 4 is 45.1 Å². The fourth-order valence-corrected chi connectivity index (χ4v) is 5.66. The van der Waals surface area contributed by atoms with Crippen molar-refractivity contribution in [2.75, 3.05) is 37.3 Å². The van der Waals surface area contributed by atoms with Crippen molar-refractivity contribution in [1.82, 2.24) is 15.6 Å². The number of aryl methyl sites for hydroxylation is 1. The summed E-state index contributed by atoms with van der Waals surface area (Å²) in [7, 11) is 1.59. The summed E-state index contributed by atoms with van der Waals surface area (Å²) in [5.74, 6) is 0.737. The second-order valence-corrected chi connectivity index (χ2v) is 10.1. The van der Waals surface area contributed by atoms with E-state index in [1.807, 2.05) is 0 Å². The number of ether oxygens (including phenoxy) is 1. The van der Waals surface area contributed by atoms with E-state index in [1.54, 1.807) is 31.3 Å². The molecule has 1 aromatic carbocycles. The zero-order valence-corrected chi connectivity index (χ0v) is 21.9. The van der Waals surface area contributed by atoms with Gasteiger partial charge in [-0.15, -0.1) is 0 Å². The van der Waals surface area contributed by atoms with E-state index in [9.17, 15) is 14.7 Å². The summed E-state index contributed by atoms with van der Waals surface area (Å²) in [5.41, 5.74) is 14.3. The molecule has 0 radical (unpaired) electrons. The Bertz CT molecular complexity index is 1250. The lowest BCUT2D eigenvalue weighted by Crippen LogP contribution is -2.44. The molecule has 1 unspecified atom stereocenters. The highest BCUT2D eigenvalue weighted by Gasteiger charge is 2.24. The van der Waals surface area contributed by atoms with Crippen LogP contribution in [0.4, 0.5) is 16.3 Å². The van der Waals surface area contributed by atoms with Crippen LogP contribution in [-0.2, 0) is 6.42 Å². The second kappa shape index (κ2) is 11.8. The average molecular weight is 527 g/mol. The van der Waals surface area contributed by atoms with Gasteiger partial charge in [0.15, 0.2) is 0 Å². The van der Waals surface area contributed by atoms with Crippen LogP contribution in [0.2, 0.25) is 0 Å². The number of nitrogens with two attached hydrogens (primary N) is 2.